The van der Waals surface area contributed by atoms with E-state index in [4.69, 9.17) is 4.74 Å². The van der Waals surface area contributed by atoms with Crippen molar-refractivity contribution in [2.75, 3.05) is 6.61 Å². The van der Waals surface area contributed by atoms with Crippen LogP contribution in [0.25, 0.3) is 0 Å². The van der Waals surface area contributed by atoms with E-state index < -0.39 is 0 Å². The minimum Gasteiger partial charge on any atom is -0.465 e. The molecule has 0 bridgehead atoms. The summed E-state index contributed by atoms with van der Waals surface area (Å²) in [7, 11) is 0. The van der Waals surface area contributed by atoms with Gasteiger partial charge in [-0.2, -0.15) is 0 Å². The molecule has 1 unspecified atom stereocenters. The largest absolute Gasteiger partial charge is 0.465 e. The summed E-state index contributed by atoms with van der Waals surface area (Å²) in [5.41, 5.74) is 3.71. The maximum atomic E-state index is 11.4. The topological polar surface area (TPSA) is 38.3 Å². The van der Waals surface area contributed by atoms with Gasteiger partial charge in [0.1, 0.15) is 6.04 Å². The van der Waals surface area contributed by atoms with E-state index in [9.17, 15) is 4.79 Å². The fourth-order valence-corrected chi connectivity index (χ4v) is 1.66. The van der Waals surface area contributed by atoms with Gasteiger partial charge in [-0.3, -0.25) is 4.79 Å². The van der Waals surface area contributed by atoms with Crippen LogP contribution >= 0.6 is 0 Å². The first-order chi connectivity index (χ1) is 8.04. The Morgan fingerprint density at radius 2 is 2.12 bits per heavy atom. The summed E-state index contributed by atoms with van der Waals surface area (Å²) in [6, 6.07) is 6.05. The molecule has 0 amide bonds. The van der Waals surface area contributed by atoms with Gasteiger partial charge in [-0.05, 0) is 38.8 Å². The predicted octanol–water partition coefficient (Wildman–Crippen LogP) is 2.34. The highest BCUT2D eigenvalue weighted by molar-refractivity contribution is 5.75. The van der Waals surface area contributed by atoms with E-state index >= 15 is 0 Å². The molecule has 0 aromatic heterocycles. The van der Waals surface area contributed by atoms with Crippen LogP contribution in [0.1, 0.15) is 30.5 Å². The van der Waals surface area contributed by atoms with Crippen molar-refractivity contribution in [1.82, 2.24) is 5.32 Å². The van der Waals surface area contributed by atoms with E-state index in [1.54, 1.807) is 0 Å². The van der Waals surface area contributed by atoms with E-state index in [2.05, 4.69) is 37.4 Å². The first kappa shape index (κ1) is 13.7. The van der Waals surface area contributed by atoms with Crippen molar-refractivity contribution in [3.63, 3.8) is 0 Å². The molecule has 3 nitrogen and oxygen atoms in total. The molecule has 1 N–H and O–H groups in total. The van der Waals surface area contributed by atoms with Gasteiger partial charge in [0.05, 0.1) is 6.61 Å². The molecule has 1 rings (SSSR count). The molecule has 0 fully saturated rings. The zero-order chi connectivity index (χ0) is 12.8. The summed E-state index contributed by atoms with van der Waals surface area (Å²) < 4.78 is 4.94. The third-order valence-corrected chi connectivity index (χ3v) is 2.74. The molecule has 0 spiro atoms. The number of nitrogens with one attached hydrogen (secondary N) is 1. The Morgan fingerprint density at radius 3 is 2.71 bits per heavy atom. The maximum Gasteiger partial charge on any atom is 0.322 e. The number of benzene rings is 1. The van der Waals surface area contributed by atoms with E-state index in [0.29, 0.717) is 13.2 Å². The van der Waals surface area contributed by atoms with E-state index in [1.165, 1.54) is 16.7 Å². The molecular formula is C14H21NO2. The molecule has 0 aliphatic heterocycles. The summed E-state index contributed by atoms with van der Waals surface area (Å²) >= 11 is 0. The summed E-state index contributed by atoms with van der Waals surface area (Å²) in [4.78, 5) is 11.4. The van der Waals surface area contributed by atoms with Gasteiger partial charge in [0.2, 0.25) is 0 Å². The Bertz CT molecular complexity index is 388. The molecule has 17 heavy (non-hydrogen) atoms. The van der Waals surface area contributed by atoms with Gasteiger partial charge in [0, 0.05) is 6.54 Å². The zero-order valence-corrected chi connectivity index (χ0v) is 11.0. The van der Waals surface area contributed by atoms with Gasteiger partial charge in [0.25, 0.3) is 0 Å². The standard InChI is InChI=1S/C14H21NO2/c1-5-17-14(16)12(4)15-9-13-7-6-10(2)8-11(13)3/h6-8,12,15H,5,9H2,1-4H3. The number of aryl methyl sites for hydroxylation is 2. The van der Waals surface area contributed by atoms with E-state index in [0.717, 1.165) is 0 Å². The molecule has 3 heteroatoms. The zero-order valence-electron chi connectivity index (χ0n) is 11.0. The molecule has 94 valence electrons. The van der Waals surface area contributed by atoms with Crippen molar-refractivity contribution < 1.29 is 9.53 Å². The number of carbonyl (C=O) groups excluding carboxylic acids is 1. The van der Waals surface area contributed by atoms with Gasteiger partial charge in [-0.1, -0.05) is 23.8 Å². The highest BCUT2D eigenvalue weighted by atomic mass is 16.5. The van der Waals surface area contributed by atoms with Crippen molar-refractivity contribution in [2.24, 2.45) is 0 Å². The Morgan fingerprint density at radius 1 is 1.41 bits per heavy atom. The Hall–Kier alpha value is -1.35. The van der Waals surface area contributed by atoms with E-state index in [-0.39, 0.29) is 12.0 Å². The minimum absolute atomic E-state index is 0.197. The molecule has 1 aromatic carbocycles. The smallest absolute Gasteiger partial charge is 0.322 e. The summed E-state index contributed by atoms with van der Waals surface area (Å²) in [5.74, 6) is -0.197. The van der Waals surface area contributed by atoms with Crippen LogP contribution in [0.4, 0.5) is 0 Å². The molecule has 0 aliphatic carbocycles. The van der Waals surface area contributed by atoms with Crippen LogP contribution in [0.3, 0.4) is 0 Å². The van der Waals surface area contributed by atoms with Crippen molar-refractivity contribution in [2.45, 2.75) is 40.3 Å². The van der Waals surface area contributed by atoms with Crippen molar-refractivity contribution in [3.8, 4) is 0 Å². The fourth-order valence-electron chi connectivity index (χ4n) is 1.66. The van der Waals surface area contributed by atoms with Gasteiger partial charge in [-0.25, -0.2) is 0 Å². The minimum atomic E-state index is -0.268. The number of ether oxygens (including phenoxy) is 1. The maximum absolute atomic E-state index is 11.4. The van der Waals surface area contributed by atoms with Gasteiger partial charge >= 0.3 is 5.97 Å². The molecular weight excluding hydrogens is 214 g/mol. The Balaban J connectivity index is 2.52. The number of hydrogen-bond acceptors (Lipinski definition) is 3. The average molecular weight is 235 g/mol. The highest BCUT2D eigenvalue weighted by Gasteiger charge is 2.12. The van der Waals surface area contributed by atoms with Crippen molar-refractivity contribution in [1.29, 1.82) is 0 Å². The Kier molecular flexibility index (Phi) is 5.16. The van der Waals surface area contributed by atoms with Crippen molar-refractivity contribution >= 4 is 5.97 Å². The molecule has 0 radical (unpaired) electrons. The number of hydrogen-bond donors (Lipinski definition) is 1. The second-order valence-electron chi connectivity index (χ2n) is 4.28. The van der Waals surface area contributed by atoms with Crippen LogP contribution in [0.2, 0.25) is 0 Å². The van der Waals surface area contributed by atoms with Crippen LogP contribution in [-0.4, -0.2) is 18.6 Å². The summed E-state index contributed by atoms with van der Waals surface area (Å²) in [5, 5.41) is 3.17. The lowest BCUT2D eigenvalue weighted by Crippen LogP contribution is -2.35. The molecule has 0 saturated heterocycles. The molecule has 1 aromatic rings. The van der Waals surface area contributed by atoms with Gasteiger partial charge in [-0.15, -0.1) is 0 Å². The summed E-state index contributed by atoms with van der Waals surface area (Å²) in [6.45, 7) is 8.90. The SMILES string of the molecule is CCOC(=O)C(C)NCc1ccc(C)cc1C. The number of rotatable bonds is 5. The molecule has 1 atom stereocenters. The lowest BCUT2D eigenvalue weighted by atomic mass is 10.1. The van der Waals surface area contributed by atoms with Crippen LogP contribution in [0.5, 0.6) is 0 Å². The van der Waals surface area contributed by atoms with Gasteiger partial charge in [0.15, 0.2) is 0 Å². The second kappa shape index (κ2) is 6.40. The highest BCUT2D eigenvalue weighted by Crippen LogP contribution is 2.10. The second-order valence-corrected chi connectivity index (χ2v) is 4.28. The molecule has 0 aliphatic rings. The normalized spacial score (nSPS) is 12.2. The molecule has 0 saturated carbocycles. The average Bonchev–Trinajstić information content (AvgIpc) is 2.27. The number of esters is 1. The predicted molar refractivity (Wildman–Crippen MR) is 68.9 cm³/mol. The first-order valence-electron chi connectivity index (χ1n) is 6.00. The Labute approximate surface area is 103 Å². The quantitative estimate of drug-likeness (QED) is 0.796. The molecule has 0 heterocycles. The van der Waals surface area contributed by atoms with E-state index in [1.807, 2.05) is 13.8 Å². The van der Waals surface area contributed by atoms with Crippen LogP contribution < -0.4 is 5.32 Å². The monoisotopic (exact) mass is 235 g/mol. The summed E-state index contributed by atoms with van der Waals surface area (Å²) in [6.07, 6.45) is 0. The number of carbonyl (C=O) groups is 1. The van der Waals surface area contributed by atoms with Crippen molar-refractivity contribution in [3.05, 3.63) is 34.9 Å². The lowest BCUT2D eigenvalue weighted by Gasteiger charge is -2.14. The third kappa shape index (κ3) is 4.19. The first-order valence-corrected chi connectivity index (χ1v) is 6.00. The van der Waals surface area contributed by atoms with Crippen LogP contribution in [-0.2, 0) is 16.1 Å². The fraction of sp³-hybridized carbons (Fsp3) is 0.500. The lowest BCUT2D eigenvalue weighted by molar-refractivity contribution is -0.145. The van der Waals surface area contributed by atoms with Crippen LogP contribution in [0.15, 0.2) is 18.2 Å². The van der Waals surface area contributed by atoms with Gasteiger partial charge < -0.3 is 10.1 Å². The van der Waals surface area contributed by atoms with Crippen LogP contribution in [0, 0.1) is 13.8 Å². The third-order valence-electron chi connectivity index (χ3n) is 2.74.